The Morgan fingerprint density at radius 2 is 1.88 bits per heavy atom. The highest BCUT2D eigenvalue weighted by Crippen LogP contribution is 2.22. The highest BCUT2D eigenvalue weighted by Gasteiger charge is 2.26. The summed E-state index contributed by atoms with van der Waals surface area (Å²) in [4.78, 5) is 30.8. The van der Waals surface area contributed by atoms with Crippen molar-refractivity contribution >= 4 is 45.9 Å². The van der Waals surface area contributed by atoms with E-state index >= 15 is 0 Å². The summed E-state index contributed by atoms with van der Waals surface area (Å²) in [5.41, 5.74) is 2.08. The van der Waals surface area contributed by atoms with Crippen molar-refractivity contribution < 1.29 is 14.7 Å². The molecule has 3 N–H and O–H groups in total. The van der Waals surface area contributed by atoms with E-state index in [2.05, 4.69) is 10.3 Å². The fourth-order valence-corrected chi connectivity index (χ4v) is 4.44. The van der Waals surface area contributed by atoms with Crippen LogP contribution in [0.5, 0.6) is 0 Å². The van der Waals surface area contributed by atoms with E-state index in [1.807, 2.05) is 24.3 Å². The lowest BCUT2D eigenvalue weighted by Crippen LogP contribution is -2.45. The Kier molecular flexibility index (Phi) is 7.04. The molecule has 1 aliphatic heterocycles. The van der Waals surface area contributed by atoms with Gasteiger partial charge in [0.25, 0.3) is 5.91 Å². The molecule has 1 aromatic heterocycles. The number of nitrogens with one attached hydrogen (secondary N) is 2. The van der Waals surface area contributed by atoms with Crippen LogP contribution in [0.2, 0.25) is 10.0 Å². The minimum atomic E-state index is -0.434. The Morgan fingerprint density at radius 3 is 2.62 bits per heavy atom. The smallest absolute Gasteiger partial charge is 0.267 e. The molecule has 2 aromatic carbocycles. The van der Waals surface area contributed by atoms with E-state index in [1.54, 1.807) is 29.2 Å². The Balaban J connectivity index is 1.51. The van der Waals surface area contributed by atoms with Gasteiger partial charge < -0.3 is 20.3 Å². The van der Waals surface area contributed by atoms with Crippen LogP contribution in [0.3, 0.4) is 0 Å². The number of benzene rings is 2. The van der Waals surface area contributed by atoms with Gasteiger partial charge in [-0.3, -0.25) is 9.59 Å². The normalized spacial score (nSPS) is 15.7. The molecule has 6 nitrogen and oxygen atoms in total. The minimum absolute atomic E-state index is 0.0438. The van der Waals surface area contributed by atoms with Crippen molar-refractivity contribution in [3.8, 4) is 0 Å². The van der Waals surface area contributed by atoms with Gasteiger partial charge in [-0.25, -0.2) is 0 Å². The Bertz CT molecular complexity index is 1120. The number of halogens is 2. The van der Waals surface area contributed by atoms with Gasteiger partial charge in [0.2, 0.25) is 5.91 Å². The number of carbonyl (C=O) groups excluding carboxylic acids is 2. The fourth-order valence-electron chi connectivity index (χ4n) is 4.05. The Hall–Kier alpha value is -2.54. The number of piperidine rings is 1. The van der Waals surface area contributed by atoms with Crippen molar-refractivity contribution in [1.29, 1.82) is 0 Å². The lowest BCUT2D eigenvalue weighted by Gasteiger charge is -2.31. The van der Waals surface area contributed by atoms with E-state index in [0.717, 1.165) is 16.5 Å². The van der Waals surface area contributed by atoms with Gasteiger partial charge in [0.1, 0.15) is 5.69 Å². The lowest BCUT2D eigenvalue weighted by molar-refractivity contribution is -0.133. The number of amides is 2. The maximum absolute atomic E-state index is 13.0. The quantitative estimate of drug-likeness (QED) is 0.501. The van der Waals surface area contributed by atoms with Gasteiger partial charge >= 0.3 is 0 Å². The number of hydrogen-bond donors (Lipinski definition) is 3. The highest BCUT2D eigenvalue weighted by molar-refractivity contribution is 6.31. The third-order valence-electron chi connectivity index (χ3n) is 5.82. The molecule has 32 heavy (non-hydrogen) atoms. The first-order chi connectivity index (χ1) is 15.4. The van der Waals surface area contributed by atoms with Crippen molar-refractivity contribution in [2.45, 2.75) is 37.8 Å². The van der Waals surface area contributed by atoms with Crippen LogP contribution in [-0.4, -0.2) is 52.0 Å². The molecule has 0 radical (unpaired) electrons. The van der Waals surface area contributed by atoms with Gasteiger partial charge in [-0.15, -0.1) is 0 Å². The first-order valence-electron chi connectivity index (χ1n) is 10.7. The van der Waals surface area contributed by atoms with Crippen LogP contribution in [0.1, 0.15) is 35.3 Å². The average molecular weight is 474 g/mol. The number of H-pyrrole nitrogens is 1. The van der Waals surface area contributed by atoms with Gasteiger partial charge in [-0.05, 0) is 55.2 Å². The zero-order valence-electron chi connectivity index (χ0n) is 17.5. The first kappa shape index (κ1) is 22.6. The second-order valence-corrected chi connectivity index (χ2v) is 9.04. The second-order valence-electron chi connectivity index (χ2n) is 8.20. The number of aromatic amines is 1. The van der Waals surface area contributed by atoms with Crippen LogP contribution in [0, 0.1) is 0 Å². The van der Waals surface area contributed by atoms with Gasteiger partial charge in [0.05, 0.1) is 6.10 Å². The summed E-state index contributed by atoms with van der Waals surface area (Å²) in [5, 5.41) is 14.8. The topological polar surface area (TPSA) is 85.4 Å². The molecule has 8 heteroatoms. The molecule has 2 amide bonds. The zero-order chi connectivity index (χ0) is 22.7. The maximum Gasteiger partial charge on any atom is 0.267 e. The molecule has 0 spiro atoms. The zero-order valence-corrected chi connectivity index (χ0v) is 19.0. The highest BCUT2D eigenvalue weighted by atomic mass is 35.5. The number of hydrogen-bond acceptors (Lipinski definition) is 3. The molecule has 2 heterocycles. The van der Waals surface area contributed by atoms with Crippen LogP contribution >= 0.6 is 23.2 Å². The van der Waals surface area contributed by atoms with Gasteiger partial charge in [-0.2, -0.15) is 0 Å². The number of fused-ring (bicyclic) bond motifs is 1. The summed E-state index contributed by atoms with van der Waals surface area (Å²) >= 11 is 12.4. The number of likely N-dealkylation sites (tertiary alicyclic amines) is 1. The molecule has 0 bridgehead atoms. The minimum Gasteiger partial charge on any atom is -0.393 e. The number of nitrogens with zero attached hydrogens (tertiary/aromatic N) is 1. The second kappa shape index (κ2) is 9.94. The van der Waals surface area contributed by atoms with Crippen molar-refractivity contribution in [2.75, 3.05) is 13.1 Å². The van der Waals surface area contributed by atoms with Crippen molar-refractivity contribution in [3.05, 3.63) is 69.8 Å². The van der Waals surface area contributed by atoms with Crippen molar-refractivity contribution in [1.82, 2.24) is 15.2 Å². The predicted molar refractivity (Wildman–Crippen MR) is 126 cm³/mol. The molecule has 1 saturated heterocycles. The lowest BCUT2D eigenvalue weighted by atomic mass is 10.0. The average Bonchev–Trinajstić information content (AvgIpc) is 3.19. The van der Waals surface area contributed by atoms with E-state index < -0.39 is 6.04 Å². The molecule has 3 aromatic rings. The van der Waals surface area contributed by atoms with E-state index in [9.17, 15) is 14.7 Å². The SMILES string of the molecule is O=C(NC(CC(=O)N1CCC(O)CC1)Cc1ccccc1Cl)c1cc2cc(Cl)ccc2[nH]1. The van der Waals surface area contributed by atoms with Crippen molar-refractivity contribution in [3.63, 3.8) is 0 Å². The molecule has 4 rings (SSSR count). The van der Waals surface area contributed by atoms with E-state index in [-0.39, 0.29) is 24.3 Å². The molecule has 168 valence electrons. The first-order valence-corrected chi connectivity index (χ1v) is 11.4. The molecule has 1 aliphatic rings. The molecule has 1 unspecified atom stereocenters. The molecule has 1 fully saturated rings. The van der Waals surface area contributed by atoms with Crippen LogP contribution in [0.25, 0.3) is 10.9 Å². The summed E-state index contributed by atoms with van der Waals surface area (Å²) in [5.74, 6) is -0.339. The summed E-state index contributed by atoms with van der Waals surface area (Å²) < 4.78 is 0. The molecular weight excluding hydrogens is 449 g/mol. The molecule has 0 aliphatic carbocycles. The third kappa shape index (κ3) is 5.44. The maximum atomic E-state index is 13.0. The third-order valence-corrected chi connectivity index (χ3v) is 6.43. The van der Waals surface area contributed by atoms with E-state index in [4.69, 9.17) is 23.2 Å². The molecular formula is C24H25Cl2N3O3. The monoisotopic (exact) mass is 473 g/mol. The summed E-state index contributed by atoms with van der Waals surface area (Å²) in [7, 11) is 0. The number of aliphatic hydroxyl groups is 1. The van der Waals surface area contributed by atoms with Crippen LogP contribution in [-0.2, 0) is 11.2 Å². The Morgan fingerprint density at radius 1 is 1.12 bits per heavy atom. The number of aromatic nitrogens is 1. The molecule has 1 atom stereocenters. The predicted octanol–water partition coefficient (Wildman–Crippen LogP) is 4.19. The number of rotatable bonds is 6. The van der Waals surface area contributed by atoms with Crippen LogP contribution in [0.4, 0.5) is 0 Å². The largest absolute Gasteiger partial charge is 0.393 e. The van der Waals surface area contributed by atoms with Crippen molar-refractivity contribution in [2.24, 2.45) is 0 Å². The number of aliphatic hydroxyl groups excluding tert-OH is 1. The number of carbonyl (C=O) groups is 2. The summed E-state index contributed by atoms with van der Waals surface area (Å²) in [6.45, 7) is 1.05. The summed E-state index contributed by atoms with van der Waals surface area (Å²) in [6, 6.07) is 14.1. The Labute approximate surface area is 196 Å². The fraction of sp³-hybridized carbons (Fsp3) is 0.333. The van der Waals surface area contributed by atoms with E-state index in [1.165, 1.54) is 0 Å². The summed E-state index contributed by atoms with van der Waals surface area (Å²) in [6.07, 6.45) is 1.38. The standard InChI is InChI=1S/C24H25Cl2N3O3/c25-17-5-6-21-16(11-17)13-22(28-21)24(32)27-18(12-15-3-1-2-4-20(15)26)14-23(31)29-9-7-19(30)8-10-29/h1-6,11,13,18-19,28,30H,7-10,12,14H2,(H,27,32). The van der Waals surface area contributed by atoms with Crippen LogP contribution in [0.15, 0.2) is 48.5 Å². The van der Waals surface area contributed by atoms with Crippen LogP contribution < -0.4 is 5.32 Å². The van der Waals surface area contributed by atoms with Gasteiger partial charge in [0.15, 0.2) is 0 Å². The molecule has 0 saturated carbocycles. The van der Waals surface area contributed by atoms with Gasteiger partial charge in [-0.1, -0.05) is 41.4 Å². The van der Waals surface area contributed by atoms with Gasteiger partial charge in [0, 0.05) is 46.5 Å². The van der Waals surface area contributed by atoms with E-state index in [0.29, 0.717) is 48.1 Å².